The first-order valence-electron chi connectivity index (χ1n) is 6.86. The molecule has 0 atom stereocenters. The van der Waals surface area contributed by atoms with Gasteiger partial charge in [0.15, 0.2) is 5.58 Å². The quantitative estimate of drug-likeness (QED) is 0.898. The van der Waals surface area contributed by atoms with Gasteiger partial charge >= 0.3 is 0 Å². The molecule has 4 heteroatoms. The number of furan rings is 1. The fraction of sp³-hybridized carbons (Fsp3) is 0.467. The van der Waals surface area contributed by atoms with Crippen molar-refractivity contribution in [2.75, 3.05) is 0 Å². The minimum absolute atomic E-state index is 0.165. The monoisotopic (exact) mass is 323 g/mol. The predicted octanol–water partition coefficient (Wildman–Crippen LogP) is 4.46. The van der Waals surface area contributed by atoms with Crippen LogP contribution in [-0.4, -0.2) is 6.04 Å². The van der Waals surface area contributed by atoms with Gasteiger partial charge in [-0.2, -0.15) is 0 Å². The molecule has 2 nitrogen and oxygen atoms in total. The summed E-state index contributed by atoms with van der Waals surface area (Å²) >= 11 is 3.46. The van der Waals surface area contributed by atoms with Crippen LogP contribution in [-0.2, 0) is 6.54 Å². The van der Waals surface area contributed by atoms with Crippen LogP contribution in [0.2, 0.25) is 0 Å². The molecular formula is C15H15BrFNO. The zero-order valence-electron chi connectivity index (χ0n) is 10.5. The molecule has 0 saturated heterocycles. The van der Waals surface area contributed by atoms with Crippen LogP contribution in [0.1, 0.15) is 42.9 Å². The molecule has 0 amide bonds. The standard InChI is InChI=1S/C15H15BrFNO/c16-10-5-6-11(17)14-13(8-1-2-8)12(19-15(10)14)7-18-9-3-4-9/h5-6,8-9,18H,1-4,7H2. The summed E-state index contributed by atoms with van der Waals surface area (Å²) in [5, 5.41) is 4.15. The highest BCUT2D eigenvalue weighted by Gasteiger charge is 2.33. The molecule has 1 aromatic carbocycles. The minimum Gasteiger partial charge on any atom is -0.458 e. The van der Waals surface area contributed by atoms with Gasteiger partial charge in [-0.1, -0.05) is 0 Å². The van der Waals surface area contributed by atoms with Crippen LogP contribution in [0.25, 0.3) is 11.0 Å². The van der Waals surface area contributed by atoms with E-state index < -0.39 is 0 Å². The predicted molar refractivity (Wildman–Crippen MR) is 75.7 cm³/mol. The third-order valence-electron chi connectivity index (χ3n) is 3.97. The normalized spacial score (nSPS) is 19.3. The molecular weight excluding hydrogens is 309 g/mol. The SMILES string of the molecule is Fc1ccc(Br)c2oc(CNC3CC3)c(C3CC3)c12. The van der Waals surface area contributed by atoms with Crippen molar-refractivity contribution in [3.05, 3.63) is 33.7 Å². The Morgan fingerprint density at radius 2 is 2.05 bits per heavy atom. The zero-order valence-corrected chi connectivity index (χ0v) is 12.1. The third-order valence-corrected chi connectivity index (χ3v) is 4.59. The lowest BCUT2D eigenvalue weighted by molar-refractivity contribution is 0.505. The fourth-order valence-electron chi connectivity index (χ4n) is 2.66. The molecule has 1 aromatic heterocycles. The van der Waals surface area contributed by atoms with Crippen LogP contribution in [0.15, 0.2) is 21.0 Å². The smallest absolute Gasteiger partial charge is 0.151 e. The number of hydrogen-bond donors (Lipinski definition) is 1. The summed E-state index contributed by atoms with van der Waals surface area (Å²) in [6.07, 6.45) is 4.79. The van der Waals surface area contributed by atoms with E-state index in [4.69, 9.17) is 4.42 Å². The van der Waals surface area contributed by atoms with E-state index in [1.54, 1.807) is 6.07 Å². The summed E-state index contributed by atoms with van der Waals surface area (Å²) < 4.78 is 20.9. The number of halogens is 2. The maximum Gasteiger partial charge on any atom is 0.151 e. The minimum atomic E-state index is -0.165. The van der Waals surface area contributed by atoms with Gasteiger partial charge in [0, 0.05) is 11.6 Å². The van der Waals surface area contributed by atoms with E-state index in [1.807, 2.05) is 0 Å². The summed E-state index contributed by atoms with van der Waals surface area (Å²) in [5.41, 5.74) is 1.76. The molecule has 0 spiro atoms. The number of fused-ring (bicyclic) bond motifs is 1. The first-order chi connectivity index (χ1) is 9.24. The molecule has 2 fully saturated rings. The zero-order chi connectivity index (χ0) is 13.0. The van der Waals surface area contributed by atoms with Crippen LogP contribution >= 0.6 is 15.9 Å². The van der Waals surface area contributed by atoms with Gasteiger partial charge in [0.05, 0.1) is 16.4 Å². The van der Waals surface area contributed by atoms with E-state index in [0.29, 0.717) is 22.9 Å². The first-order valence-corrected chi connectivity index (χ1v) is 7.66. The molecule has 100 valence electrons. The lowest BCUT2D eigenvalue weighted by Crippen LogP contribution is -2.15. The van der Waals surface area contributed by atoms with Crippen LogP contribution in [0, 0.1) is 5.82 Å². The van der Waals surface area contributed by atoms with Crippen molar-refractivity contribution in [2.24, 2.45) is 0 Å². The summed E-state index contributed by atoms with van der Waals surface area (Å²) in [5.74, 6) is 1.25. The van der Waals surface area contributed by atoms with Gasteiger partial charge in [-0.3, -0.25) is 0 Å². The molecule has 0 bridgehead atoms. The molecule has 1 N–H and O–H groups in total. The van der Waals surface area contributed by atoms with Gasteiger partial charge in [-0.05, 0) is 59.7 Å². The van der Waals surface area contributed by atoms with Crippen molar-refractivity contribution in [2.45, 2.75) is 44.2 Å². The number of nitrogens with one attached hydrogen (secondary N) is 1. The van der Waals surface area contributed by atoms with Gasteiger partial charge < -0.3 is 9.73 Å². The molecule has 4 rings (SSSR count). The first kappa shape index (κ1) is 11.9. The fourth-order valence-corrected chi connectivity index (χ4v) is 3.07. The average molecular weight is 324 g/mol. The Hall–Kier alpha value is -0.870. The highest BCUT2D eigenvalue weighted by Crippen LogP contribution is 2.48. The Kier molecular flexibility index (Phi) is 2.71. The summed E-state index contributed by atoms with van der Waals surface area (Å²) in [7, 11) is 0. The second-order valence-electron chi connectivity index (χ2n) is 5.60. The van der Waals surface area contributed by atoms with Gasteiger partial charge in [-0.15, -0.1) is 0 Å². The van der Waals surface area contributed by atoms with Crippen LogP contribution < -0.4 is 5.32 Å². The van der Waals surface area contributed by atoms with Gasteiger partial charge in [0.1, 0.15) is 11.6 Å². The molecule has 2 saturated carbocycles. The highest BCUT2D eigenvalue weighted by atomic mass is 79.9. The lowest BCUT2D eigenvalue weighted by Gasteiger charge is -2.02. The second kappa shape index (κ2) is 4.32. The molecule has 0 radical (unpaired) electrons. The van der Waals surface area contributed by atoms with Crippen molar-refractivity contribution in [1.29, 1.82) is 0 Å². The van der Waals surface area contributed by atoms with E-state index in [2.05, 4.69) is 21.2 Å². The number of benzene rings is 1. The van der Waals surface area contributed by atoms with Gasteiger partial charge in [0.2, 0.25) is 0 Å². The van der Waals surface area contributed by atoms with Crippen LogP contribution in [0.4, 0.5) is 4.39 Å². The molecule has 2 aliphatic rings. The Morgan fingerprint density at radius 1 is 1.26 bits per heavy atom. The maximum atomic E-state index is 14.1. The molecule has 1 heterocycles. The summed E-state index contributed by atoms with van der Waals surface area (Å²) in [4.78, 5) is 0. The van der Waals surface area contributed by atoms with Crippen LogP contribution in [0.5, 0.6) is 0 Å². The molecule has 2 aliphatic carbocycles. The van der Waals surface area contributed by atoms with Crippen molar-refractivity contribution >= 4 is 26.9 Å². The highest BCUT2D eigenvalue weighted by molar-refractivity contribution is 9.10. The van der Waals surface area contributed by atoms with Crippen molar-refractivity contribution in [1.82, 2.24) is 5.32 Å². The second-order valence-corrected chi connectivity index (χ2v) is 6.46. The van der Waals surface area contributed by atoms with Crippen LogP contribution in [0.3, 0.4) is 0 Å². The number of hydrogen-bond acceptors (Lipinski definition) is 2. The molecule has 0 aliphatic heterocycles. The van der Waals surface area contributed by atoms with E-state index >= 15 is 0 Å². The Labute approximate surface area is 119 Å². The lowest BCUT2D eigenvalue weighted by atomic mass is 10.1. The average Bonchev–Trinajstić information content (AvgIpc) is 3.30. The maximum absolute atomic E-state index is 14.1. The molecule has 2 aromatic rings. The van der Waals surface area contributed by atoms with Crippen molar-refractivity contribution < 1.29 is 8.81 Å². The Balaban J connectivity index is 1.83. The Morgan fingerprint density at radius 3 is 2.74 bits per heavy atom. The van der Waals surface area contributed by atoms with Gasteiger partial charge in [-0.25, -0.2) is 4.39 Å². The third kappa shape index (κ3) is 2.11. The summed E-state index contributed by atoms with van der Waals surface area (Å²) in [6, 6.07) is 3.87. The largest absolute Gasteiger partial charge is 0.458 e. The van der Waals surface area contributed by atoms with Gasteiger partial charge in [0.25, 0.3) is 0 Å². The van der Waals surface area contributed by atoms with E-state index in [0.717, 1.165) is 35.2 Å². The van der Waals surface area contributed by atoms with E-state index in [-0.39, 0.29) is 5.82 Å². The number of rotatable bonds is 4. The molecule has 0 unspecified atom stereocenters. The van der Waals surface area contributed by atoms with E-state index in [1.165, 1.54) is 18.9 Å². The topological polar surface area (TPSA) is 25.2 Å². The van der Waals surface area contributed by atoms with Crippen molar-refractivity contribution in [3.8, 4) is 0 Å². The molecule has 19 heavy (non-hydrogen) atoms. The Bertz CT molecular complexity index is 643. The summed E-state index contributed by atoms with van der Waals surface area (Å²) in [6.45, 7) is 0.719. The van der Waals surface area contributed by atoms with Crippen molar-refractivity contribution in [3.63, 3.8) is 0 Å². The van der Waals surface area contributed by atoms with E-state index in [9.17, 15) is 4.39 Å².